The molecule has 0 aliphatic rings. The van der Waals surface area contributed by atoms with Crippen molar-refractivity contribution >= 4 is 5.97 Å². The van der Waals surface area contributed by atoms with E-state index in [0.717, 1.165) is 22.6 Å². The van der Waals surface area contributed by atoms with Crippen molar-refractivity contribution in [1.82, 2.24) is 0 Å². The molecule has 3 aromatic rings. The minimum absolute atomic E-state index is 0.128. The Morgan fingerprint density at radius 2 is 1.46 bits per heavy atom. The molecule has 4 heteroatoms. The zero-order valence-electron chi connectivity index (χ0n) is 14.3. The Kier molecular flexibility index (Phi) is 5.88. The standard InChI is InChI=1S/C22H20O4/c23-22(24)13-12-17-6-4-7-18(14-17)16-25-20-10-5-11-21(15-20)26-19-8-2-1-3-9-19/h1-11,14-15H,12-13,16H2,(H,23,24). The molecular formula is C22H20O4. The maximum absolute atomic E-state index is 10.7. The fourth-order valence-corrected chi connectivity index (χ4v) is 2.54. The smallest absolute Gasteiger partial charge is 0.303 e. The molecule has 132 valence electrons. The molecule has 4 nitrogen and oxygen atoms in total. The molecule has 0 aromatic heterocycles. The number of hydrogen-bond donors (Lipinski definition) is 1. The number of hydrogen-bond acceptors (Lipinski definition) is 3. The largest absolute Gasteiger partial charge is 0.489 e. The molecule has 0 heterocycles. The van der Waals surface area contributed by atoms with Crippen LogP contribution >= 0.6 is 0 Å². The van der Waals surface area contributed by atoms with Crippen LogP contribution < -0.4 is 9.47 Å². The molecule has 0 saturated carbocycles. The number of carboxylic acid groups (broad SMARTS) is 1. The van der Waals surface area contributed by atoms with Crippen molar-refractivity contribution in [3.8, 4) is 17.2 Å². The van der Waals surface area contributed by atoms with Crippen LogP contribution in [0.2, 0.25) is 0 Å². The Morgan fingerprint density at radius 3 is 2.27 bits per heavy atom. The molecule has 0 aliphatic heterocycles. The van der Waals surface area contributed by atoms with Crippen LogP contribution in [-0.4, -0.2) is 11.1 Å². The summed E-state index contributed by atoms with van der Waals surface area (Å²) in [5, 5.41) is 8.79. The summed E-state index contributed by atoms with van der Waals surface area (Å²) in [7, 11) is 0. The molecule has 3 aromatic carbocycles. The lowest BCUT2D eigenvalue weighted by atomic mass is 10.1. The molecule has 0 unspecified atom stereocenters. The van der Waals surface area contributed by atoms with Crippen molar-refractivity contribution in [3.63, 3.8) is 0 Å². The van der Waals surface area contributed by atoms with E-state index >= 15 is 0 Å². The zero-order valence-corrected chi connectivity index (χ0v) is 14.3. The van der Waals surface area contributed by atoms with E-state index in [2.05, 4.69) is 0 Å². The van der Waals surface area contributed by atoms with E-state index < -0.39 is 5.97 Å². The van der Waals surface area contributed by atoms with Gasteiger partial charge in [-0.3, -0.25) is 4.79 Å². The monoisotopic (exact) mass is 348 g/mol. The van der Waals surface area contributed by atoms with Gasteiger partial charge in [-0.1, -0.05) is 48.5 Å². The normalized spacial score (nSPS) is 10.3. The van der Waals surface area contributed by atoms with E-state index in [4.69, 9.17) is 14.6 Å². The lowest BCUT2D eigenvalue weighted by Gasteiger charge is -2.10. The number of aliphatic carboxylic acids is 1. The topological polar surface area (TPSA) is 55.8 Å². The van der Waals surface area contributed by atoms with Crippen LogP contribution in [0.4, 0.5) is 0 Å². The number of aryl methyl sites for hydroxylation is 1. The van der Waals surface area contributed by atoms with Crippen LogP contribution in [0.3, 0.4) is 0 Å². The number of para-hydroxylation sites is 1. The second-order valence-electron chi connectivity index (χ2n) is 5.89. The summed E-state index contributed by atoms with van der Waals surface area (Å²) in [6, 6.07) is 24.9. The maximum Gasteiger partial charge on any atom is 0.303 e. The Hall–Kier alpha value is -3.27. The van der Waals surface area contributed by atoms with Gasteiger partial charge in [0, 0.05) is 12.5 Å². The number of ether oxygens (including phenoxy) is 2. The summed E-state index contributed by atoms with van der Waals surface area (Å²) in [6.07, 6.45) is 0.646. The first kappa shape index (κ1) is 17.5. The van der Waals surface area contributed by atoms with E-state index in [0.29, 0.717) is 18.8 Å². The van der Waals surface area contributed by atoms with Gasteiger partial charge in [-0.15, -0.1) is 0 Å². The number of carboxylic acids is 1. The Bertz CT molecular complexity index is 859. The SMILES string of the molecule is O=C(O)CCc1cccc(COc2cccc(Oc3ccccc3)c2)c1. The van der Waals surface area contributed by atoms with Gasteiger partial charge < -0.3 is 14.6 Å². The van der Waals surface area contributed by atoms with Gasteiger partial charge in [-0.05, 0) is 41.8 Å². The number of rotatable bonds is 8. The average molecular weight is 348 g/mol. The Labute approximate surface area is 152 Å². The van der Waals surface area contributed by atoms with Crippen LogP contribution in [0.1, 0.15) is 17.5 Å². The highest BCUT2D eigenvalue weighted by Crippen LogP contribution is 2.25. The first-order chi connectivity index (χ1) is 12.7. The van der Waals surface area contributed by atoms with Gasteiger partial charge in [-0.25, -0.2) is 0 Å². The first-order valence-electron chi connectivity index (χ1n) is 8.44. The Morgan fingerprint density at radius 1 is 0.769 bits per heavy atom. The predicted octanol–water partition coefficient (Wildman–Crippen LogP) is 5.08. The predicted molar refractivity (Wildman–Crippen MR) is 99.7 cm³/mol. The summed E-state index contributed by atoms with van der Waals surface area (Å²) >= 11 is 0. The average Bonchev–Trinajstić information content (AvgIpc) is 2.66. The highest BCUT2D eigenvalue weighted by molar-refractivity contribution is 5.67. The summed E-state index contributed by atoms with van der Waals surface area (Å²) in [4.78, 5) is 10.7. The summed E-state index contributed by atoms with van der Waals surface area (Å²) < 4.78 is 11.7. The van der Waals surface area contributed by atoms with Crippen LogP contribution in [0.15, 0.2) is 78.9 Å². The van der Waals surface area contributed by atoms with Crippen molar-refractivity contribution in [2.45, 2.75) is 19.4 Å². The summed E-state index contributed by atoms with van der Waals surface area (Å²) in [5.41, 5.74) is 2.00. The van der Waals surface area contributed by atoms with E-state index in [9.17, 15) is 4.79 Å². The third-order valence-corrected chi connectivity index (χ3v) is 3.81. The molecule has 0 amide bonds. The van der Waals surface area contributed by atoms with E-state index in [1.54, 1.807) is 0 Å². The van der Waals surface area contributed by atoms with Gasteiger partial charge in [0.2, 0.25) is 0 Å². The lowest BCUT2D eigenvalue weighted by Crippen LogP contribution is -1.99. The van der Waals surface area contributed by atoms with Crippen molar-refractivity contribution < 1.29 is 19.4 Å². The minimum atomic E-state index is -0.790. The number of benzene rings is 3. The summed E-state index contributed by atoms with van der Waals surface area (Å²) in [5.74, 6) is 1.41. The van der Waals surface area contributed by atoms with Crippen LogP contribution in [0, 0.1) is 0 Å². The highest BCUT2D eigenvalue weighted by atomic mass is 16.5. The highest BCUT2D eigenvalue weighted by Gasteiger charge is 2.03. The van der Waals surface area contributed by atoms with Gasteiger partial charge in [0.05, 0.1) is 0 Å². The van der Waals surface area contributed by atoms with Gasteiger partial charge >= 0.3 is 5.97 Å². The van der Waals surface area contributed by atoms with E-state index in [1.807, 2.05) is 78.9 Å². The molecule has 0 aliphatic carbocycles. The molecule has 26 heavy (non-hydrogen) atoms. The molecule has 0 fully saturated rings. The fourth-order valence-electron chi connectivity index (χ4n) is 2.54. The molecule has 0 radical (unpaired) electrons. The molecule has 1 N–H and O–H groups in total. The maximum atomic E-state index is 10.7. The van der Waals surface area contributed by atoms with Crippen LogP contribution in [-0.2, 0) is 17.8 Å². The fraction of sp³-hybridized carbons (Fsp3) is 0.136. The van der Waals surface area contributed by atoms with E-state index in [1.165, 1.54) is 0 Å². The van der Waals surface area contributed by atoms with Crippen molar-refractivity contribution in [3.05, 3.63) is 90.0 Å². The Balaban J connectivity index is 1.60. The molecule has 0 saturated heterocycles. The van der Waals surface area contributed by atoms with E-state index in [-0.39, 0.29) is 6.42 Å². The second-order valence-corrected chi connectivity index (χ2v) is 5.89. The van der Waals surface area contributed by atoms with Crippen LogP contribution in [0.25, 0.3) is 0 Å². The molecule has 3 rings (SSSR count). The van der Waals surface area contributed by atoms with Crippen molar-refractivity contribution in [2.24, 2.45) is 0 Å². The third-order valence-electron chi connectivity index (χ3n) is 3.81. The number of carbonyl (C=O) groups is 1. The van der Waals surface area contributed by atoms with Gasteiger partial charge in [-0.2, -0.15) is 0 Å². The minimum Gasteiger partial charge on any atom is -0.489 e. The zero-order chi connectivity index (χ0) is 18.2. The molecule has 0 spiro atoms. The van der Waals surface area contributed by atoms with Gasteiger partial charge in [0.15, 0.2) is 0 Å². The molecule has 0 atom stereocenters. The quantitative estimate of drug-likeness (QED) is 0.617. The van der Waals surface area contributed by atoms with Crippen LogP contribution in [0.5, 0.6) is 17.2 Å². The second kappa shape index (κ2) is 8.72. The first-order valence-corrected chi connectivity index (χ1v) is 8.44. The van der Waals surface area contributed by atoms with Crippen molar-refractivity contribution in [2.75, 3.05) is 0 Å². The van der Waals surface area contributed by atoms with Crippen molar-refractivity contribution in [1.29, 1.82) is 0 Å². The molecule has 0 bridgehead atoms. The van der Waals surface area contributed by atoms with Gasteiger partial charge in [0.1, 0.15) is 23.9 Å². The van der Waals surface area contributed by atoms with Gasteiger partial charge in [0.25, 0.3) is 0 Å². The molecular weight excluding hydrogens is 328 g/mol. The third kappa shape index (κ3) is 5.38. The lowest BCUT2D eigenvalue weighted by molar-refractivity contribution is -0.136. The summed E-state index contributed by atoms with van der Waals surface area (Å²) in [6.45, 7) is 0.412.